The number of para-hydroxylation sites is 2. The van der Waals surface area contributed by atoms with Crippen LogP contribution in [0.1, 0.15) is 84.3 Å². The van der Waals surface area contributed by atoms with Crippen LogP contribution in [0.4, 0.5) is 11.4 Å². The molecule has 3 aliphatic heterocycles. The number of carbonyl (C=O) groups is 3. The van der Waals surface area contributed by atoms with Crippen molar-refractivity contribution in [3.05, 3.63) is 95.7 Å². The lowest BCUT2D eigenvalue weighted by molar-refractivity contribution is -0.438. The van der Waals surface area contributed by atoms with Crippen LogP contribution < -0.4 is 10.2 Å². The minimum Gasteiger partial charge on any atom is -0.354 e. The molecular formula is C39H49N4O6S+. The highest BCUT2D eigenvalue weighted by Gasteiger charge is 2.46. The summed E-state index contributed by atoms with van der Waals surface area (Å²) in [5, 5.41) is 1.71. The monoisotopic (exact) mass is 701 g/mol. The van der Waals surface area contributed by atoms with Gasteiger partial charge in [0.15, 0.2) is 11.1 Å². The van der Waals surface area contributed by atoms with Gasteiger partial charge in [-0.25, -0.2) is 0 Å². The van der Waals surface area contributed by atoms with Crippen LogP contribution >= 0.6 is 0 Å². The zero-order valence-corrected chi connectivity index (χ0v) is 30.5. The molecule has 0 aromatic heterocycles. The minimum atomic E-state index is -4.38. The Morgan fingerprint density at radius 1 is 0.940 bits per heavy atom. The molecule has 0 fully saturated rings. The van der Waals surface area contributed by atoms with E-state index in [4.69, 9.17) is 0 Å². The predicted molar refractivity (Wildman–Crippen MR) is 196 cm³/mol. The van der Waals surface area contributed by atoms with Gasteiger partial charge >= 0.3 is 0 Å². The maximum atomic E-state index is 12.7. The van der Waals surface area contributed by atoms with E-state index < -0.39 is 20.9 Å². The van der Waals surface area contributed by atoms with E-state index in [1.807, 2.05) is 49.4 Å². The SMILES string of the molecule is CCCC(N1C(=CC=CC2=[N+](CCCCCC(=O)NCCN3C(=O)C=CC3=O)c3ccccc3C2(C)C)C(C)(C)c2ccccc21)S(=O)(=O)O. The number of imide groups is 1. The van der Waals surface area contributed by atoms with Crippen molar-refractivity contribution in [3.63, 3.8) is 0 Å². The number of allylic oxidation sites excluding steroid dienone is 4. The van der Waals surface area contributed by atoms with E-state index in [0.29, 0.717) is 19.3 Å². The summed E-state index contributed by atoms with van der Waals surface area (Å²) >= 11 is 0. The summed E-state index contributed by atoms with van der Waals surface area (Å²) < 4.78 is 38.1. The summed E-state index contributed by atoms with van der Waals surface area (Å²) in [6.07, 6.45) is 12.2. The van der Waals surface area contributed by atoms with E-state index in [2.05, 4.69) is 61.9 Å². The Bertz CT molecular complexity index is 1870. The number of anilines is 1. The number of hydrogen-bond donors (Lipinski definition) is 2. The van der Waals surface area contributed by atoms with Gasteiger partial charge < -0.3 is 10.2 Å². The van der Waals surface area contributed by atoms with Crippen molar-refractivity contribution in [2.45, 2.75) is 89.3 Å². The second kappa shape index (κ2) is 14.9. The van der Waals surface area contributed by atoms with Gasteiger partial charge in [-0.05, 0) is 50.8 Å². The highest BCUT2D eigenvalue weighted by Crippen LogP contribution is 2.49. The smallest absolute Gasteiger partial charge is 0.286 e. The third-order valence-corrected chi connectivity index (χ3v) is 11.2. The van der Waals surface area contributed by atoms with Gasteiger partial charge in [-0.15, -0.1) is 0 Å². The van der Waals surface area contributed by atoms with Crippen molar-refractivity contribution in [2.24, 2.45) is 0 Å². The van der Waals surface area contributed by atoms with E-state index >= 15 is 0 Å². The van der Waals surface area contributed by atoms with Crippen LogP contribution in [0, 0.1) is 0 Å². The Hall–Kier alpha value is -4.35. The molecule has 5 rings (SSSR count). The second-order valence-electron chi connectivity index (χ2n) is 14.2. The molecule has 10 nitrogen and oxygen atoms in total. The third-order valence-electron chi connectivity index (χ3n) is 10.1. The molecule has 11 heteroatoms. The van der Waals surface area contributed by atoms with Gasteiger partial charge in [0, 0.05) is 72.6 Å². The average Bonchev–Trinajstić information content (AvgIpc) is 3.58. The van der Waals surface area contributed by atoms with Gasteiger partial charge in [0.2, 0.25) is 11.6 Å². The summed E-state index contributed by atoms with van der Waals surface area (Å²) in [5.41, 5.74) is 5.31. The van der Waals surface area contributed by atoms with Gasteiger partial charge in [0.1, 0.15) is 6.54 Å². The number of carbonyl (C=O) groups excluding carboxylic acids is 3. The molecule has 2 aromatic rings. The number of rotatable bonds is 15. The second-order valence-corrected chi connectivity index (χ2v) is 15.8. The predicted octanol–water partition coefficient (Wildman–Crippen LogP) is 5.92. The summed E-state index contributed by atoms with van der Waals surface area (Å²) in [6.45, 7) is 11.6. The van der Waals surface area contributed by atoms with Gasteiger partial charge in [0.25, 0.3) is 21.9 Å². The first kappa shape index (κ1) is 36.9. The van der Waals surface area contributed by atoms with E-state index in [1.165, 1.54) is 17.7 Å². The lowest BCUT2D eigenvalue weighted by Crippen LogP contribution is -2.41. The molecule has 2 N–H and O–H groups in total. The summed E-state index contributed by atoms with van der Waals surface area (Å²) in [5.74, 6) is -0.813. The Morgan fingerprint density at radius 3 is 2.28 bits per heavy atom. The molecule has 266 valence electrons. The van der Waals surface area contributed by atoms with Gasteiger partial charge in [0.05, 0.1) is 5.41 Å². The molecule has 0 aliphatic carbocycles. The Morgan fingerprint density at radius 2 is 1.60 bits per heavy atom. The number of hydrogen-bond acceptors (Lipinski definition) is 6. The molecular weight excluding hydrogens is 653 g/mol. The Kier molecular flexibility index (Phi) is 11.0. The van der Waals surface area contributed by atoms with Crippen LogP contribution in [-0.2, 0) is 35.3 Å². The normalized spacial score (nSPS) is 19.2. The molecule has 3 heterocycles. The molecule has 1 unspecified atom stereocenters. The number of benzene rings is 2. The molecule has 0 saturated heterocycles. The van der Waals surface area contributed by atoms with Crippen LogP contribution in [0.2, 0.25) is 0 Å². The van der Waals surface area contributed by atoms with Crippen molar-refractivity contribution in [2.75, 3.05) is 24.5 Å². The van der Waals surface area contributed by atoms with Crippen molar-refractivity contribution in [1.29, 1.82) is 0 Å². The Balaban J connectivity index is 1.32. The summed E-state index contributed by atoms with van der Waals surface area (Å²) in [4.78, 5) is 38.7. The van der Waals surface area contributed by atoms with Crippen LogP contribution in [0.5, 0.6) is 0 Å². The maximum Gasteiger partial charge on any atom is 0.286 e. The van der Waals surface area contributed by atoms with Gasteiger partial charge in [-0.2, -0.15) is 13.0 Å². The highest BCUT2D eigenvalue weighted by atomic mass is 32.2. The van der Waals surface area contributed by atoms with Gasteiger partial charge in [-0.3, -0.25) is 23.8 Å². The zero-order valence-electron chi connectivity index (χ0n) is 29.7. The van der Waals surface area contributed by atoms with Crippen LogP contribution in [0.15, 0.2) is 84.6 Å². The number of nitrogens with one attached hydrogen (secondary N) is 1. The highest BCUT2D eigenvalue weighted by molar-refractivity contribution is 7.86. The molecule has 0 saturated carbocycles. The van der Waals surface area contributed by atoms with Crippen molar-refractivity contribution < 1.29 is 31.9 Å². The van der Waals surface area contributed by atoms with Gasteiger partial charge in [-0.1, -0.05) is 69.7 Å². The molecule has 0 radical (unpaired) electrons. The summed E-state index contributed by atoms with van der Waals surface area (Å²) in [7, 11) is -4.38. The van der Waals surface area contributed by atoms with E-state index in [1.54, 1.807) is 4.90 Å². The molecule has 2 aromatic carbocycles. The van der Waals surface area contributed by atoms with E-state index in [9.17, 15) is 27.4 Å². The fraction of sp³-hybridized carbons (Fsp3) is 0.436. The fourth-order valence-electron chi connectivity index (χ4n) is 7.43. The number of fused-ring (bicyclic) bond motifs is 2. The molecule has 1 atom stereocenters. The summed E-state index contributed by atoms with van der Waals surface area (Å²) in [6, 6.07) is 16.2. The molecule has 0 bridgehead atoms. The van der Waals surface area contributed by atoms with Crippen LogP contribution in [0.25, 0.3) is 0 Å². The minimum absolute atomic E-state index is 0.103. The quantitative estimate of drug-likeness (QED) is 0.102. The average molecular weight is 702 g/mol. The molecule has 50 heavy (non-hydrogen) atoms. The Labute approximate surface area is 296 Å². The largest absolute Gasteiger partial charge is 0.354 e. The van der Waals surface area contributed by atoms with Crippen molar-refractivity contribution in [1.82, 2.24) is 10.2 Å². The zero-order chi connectivity index (χ0) is 36.3. The number of amides is 3. The first-order chi connectivity index (χ1) is 23.7. The van der Waals surface area contributed by atoms with Crippen molar-refractivity contribution in [3.8, 4) is 0 Å². The first-order valence-corrected chi connectivity index (χ1v) is 19.0. The molecule has 3 aliphatic rings. The standard InChI is InChI=1S/C39H48N4O6S/c1-6-15-37(50(47,48)49)43-31-19-12-10-17-29(31)39(4,5)33(43)21-14-20-32-38(2,3)28-16-9-11-18-30(28)41(32)26-13-7-8-22-34(44)40-25-27-42-35(45)23-24-36(42)46/h9-12,14,16-21,23-24,37H,6-8,13,15,22,25-27H2,1-5H3,(H-,40,44,47,48,49)/p+1. The number of nitrogens with zero attached hydrogens (tertiary/aromatic N) is 3. The molecule has 0 spiro atoms. The van der Waals surface area contributed by atoms with E-state index in [-0.39, 0.29) is 42.6 Å². The molecule has 3 amide bonds. The lowest BCUT2D eigenvalue weighted by Gasteiger charge is -2.32. The fourth-order valence-corrected chi connectivity index (χ4v) is 8.46. The lowest BCUT2D eigenvalue weighted by atomic mass is 9.81. The number of unbranched alkanes of at least 4 members (excludes halogenated alkanes) is 2. The maximum absolute atomic E-state index is 12.7. The van der Waals surface area contributed by atoms with E-state index in [0.717, 1.165) is 52.6 Å². The topological polar surface area (TPSA) is 127 Å². The van der Waals surface area contributed by atoms with Crippen LogP contribution in [-0.4, -0.2) is 70.9 Å². The first-order valence-electron chi connectivity index (χ1n) is 17.5. The van der Waals surface area contributed by atoms with Crippen molar-refractivity contribution >= 4 is 44.9 Å². The third kappa shape index (κ3) is 7.39. The van der Waals surface area contributed by atoms with Crippen LogP contribution in [0.3, 0.4) is 0 Å².